The Hall–Kier alpha value is -1.18. The minimum absolute atomic E-state index is 0.0850. The van der Waals surface area contributed by atoms with Crippen LogP contribution in [0.15, 0.2) is 0 Å². The fourth-order valence-electron chi connectivity index (χ4n) is 0.864. The molecule has 1 unspecified atom stereocenters. The number of hydrogen-bond acceptors (Lipinski definition) is 5. The van der Waals surface area contributed by atoms with E-state index in [4.69, 9.17) is 24.4 Å². The SMILES string of the molecule is COCCOCOC(CCC(=O)O)C(=O)O. The lowest BCUT2D eigenvalue weighted by atomic mass is 10.2. The number of rotatable bonds is 10. The summed E-state index contributed by atoms with van der Waals surface area (Å²) in [5.41, 5.74) is 0. The summed E-state index contributed by atoms with van der Waals surface area (Å²) < 4.78 is 14.5. The van der Waals surface area contributed by atoms with Gasteiger partial charge in [-0.25, -0.2) is 4.79 Å². The molecule has 0 radical (unpaired) electrons. The summed E-state index contributed by atoms with van der Waals surface area (Å²) >= 11 is 0. The maximum absolute atomic E-state index is 10.6. The summed E-state index contributed by atoms with van der Waals surface area (Å²) in [5, 5.41) is 17.1. The van der Waals surface area contributed by atoms with Crippen LogP contribution in [0.5, 0.6) is 0 Å². The van der Waals surface area contributed by atoms with Gasteiger partial charge in [-0.1, -0.05) is 0 Å². The number of carbonyl (C=O) groups is 2. The van der Waals surface area contributed by atoms with Crippen LogP contribution in [0.1, 0.15) is 12.8 Å². The highest BCUT2D eigenvalue weighted by atomic mass is 16.7. The summed E-state index contributed by atoms with van der Waals surface area (Å²) in [7, 11) is 1.51. The van der Waals surface area contributed by atoms with Crippen LogP contribution >= 0.6 is 0 Å². The van der Waals surface area contributed by atoms with Gasteiger partial charge in [0.05, 0.1) is 13.2 Å². The molecule has 2 N–H and O–H groups in total. The number of carboxylic acid groups (broad SMARTS) is 2. The summed E-state index contributed by atoms with van der Waals surface area (Å²) in [6.45, 7) is 0.484. The van der Waals surface area contributed by atoms with Gasteiger partial charge in [-0.15, -0.1) is 0 Å². The van der Waals surface area contributed by atoms with E-state index in [2.05, 4.69) is 0 Å². The molecule has 0 aliphatic heterocycles. The fourth-order valence-corrected chi connectivity index (χ4v) is 0.864. The third kappa shape index (κ3) is 8.16. The minimum atomic E-state index is -1.20. The van der Waals surface area contributed by atoms with E-state index in [9.17, 15) is 9.59 Å². The average Bonchev–Trinajstić information content (AvgIpc) is 2.21. The van der Waals surface area contributed by atoms with Crippen LogP contribution in [0.25, 0.3) is 0 Å². The third-order valence-electron chi connectivity index (χ3n) is 1.68. The van der Waals surface area contributed by atoms with Crippen molar-refractivity contribution in [2.24, 2.45) is 0 Å². The van der Waals surface area contributed by atoms with E-state index in [0.29, 0.717) is 13.2 Å². The predicted octanol–water partition coefficient (Wildman–Crippen LogP) is -0.0585. The Kier molecular flexibility index (Phi) is 8.41. The van der Waals surface area contributed by atoms with E-state index in [1.54, 1.807) is 0 Å². The van der Waals surface area contributed by atoms with Crippen LogP contribution < -0.4 is 0 Å². The average molecular weight is 236 g/mol. The van der Waals surface area contributed by atoms with Gasteiger partial charge in [0.2, 0.25) is 0 Å². The molecular formula is C9H16O7. The number of carboxylic acids is 2. The molecule has 0 heterocycles. The van der Waals surface area contributed by atoms with E-state index in [1.807, 2.05) is 0 Å². The molecule has 7 heteroatoms. The van der Waals surface area contributed by atoms with Crippen LogP contribution in [0.3, 0.4) is 0 Å². The molecule has 0 fully saturated rings. The van der Waals surface area contributed by atoms with Crippen molar-refractivity contribution in [1.29, 1.82) is 0 Å². The molecule has 0 spiro atoms. The first kappa shape index (κ1) is 14.8. The Balaban J connectivity index is 3.68. The van der Waals surface area contributed by atoms with Crippen LogP contribution in [0.4, 0.5) is 0 Å². The lowest BCUT2D eigenvalue weighted by Gasteiger charge is -2.12. The Morgan fingerprint density at radius 3 is 2.44 bits per heavy atom. The highest BCUT2D eigenvalue weighted by Gasteiger charge is 2.19. The third-order valence-corrected chi connectivity index (χ3v) is 1.68. The number of ether oxygens (including phenoxy) is 3. The molecule has 7 nitrogen and oxygen atoms in total. The highest BCUT2D eigenvalue weighted by Crippen LogP contribution is 2.03. The summed E-state index contributed by atoms with van der Waals surface area (Å²) in [4.78, 5) is 20.9. The Bertz CT molecular complexity index is 216. The molecule has 0 bridgehead atoms. The number of hydrogen-bond donors (Lipinski definition) is 2. The summed E-state index contributed by atoms with van der Waals surface area (Å²) in [6, 6.07) is 0. The zero-order valence-electron chi connectivity index (χ0n) is 9.05. The van der Waals surface area contributed by atoms with Crippen molar-refractivity contribution in [2.45, 2.75) is 18.9 Å². The maximum Gasteiger partial charge on any atom is 0.332 e. The zero-order chi connectivity index (χ0) is 12.4. The lowest BCUT2D eigenvalue weighted by Crippen LogP contribution is -2.26. The topological polar surface area (TPSA) is 102 Å². The summed E-state index contributed by atoms with van der Waals surface area (Å²) in [5.74, 6) is -2.26. The molecular weight excluding hydrogens is 220 g/mol. The monoisotopic (exact) mass is 236 g/mol. The predicted molar refractivity (Wildman–Crippen MR) is 52.1 cm³/mol. The fraction of sp³-hybridized carbons (Fsp3) is 0.778. The van der Waals surface area contributed by atoms with Crippen molar-refractivity contribution in [2.75, 3.05) is 27.1 Å². The van der Waals surface area contributed by atoms with Gasteiger partial charge >= 0.3 is 11.9 Å². The highest BCUT2D eigenvalue weighted by molar-refractivity contribution is 5.74. The molecule has 0 aliphatic rings. The molecule has 16 heavy (non-hydrogen) atoms. The van der Waals surface area contributed by atoms with Gasteiger partial charge in [-0.2, -0.15) is 0 Å². The second kappa shape index (κ2) is 9.08. The second-order valence-corrected chi connectivity index (χ2v) is 2.94. The van der Waals surface area contributed by atoms with Crippen LogP contribution in [-0.2, 0) is 23.8 Å². The standard InChI is InChI=1S/C9H16O7/c1-14-4-5-15-6-16-7(9(12)13)2-3-8(10)11/h7H,2-6H2,1H3,(H,10,11)(H,12,13). The quantitative estimate of drug-likeness (QED) is 0.404. The first-order valence-electron chi connectivity index (χ1n) is 4.70. The molecule has 0 saturated heterocycles. The van der Waals surface area contributed by atoms with Crippen LogP contribution in [-0.4, -0.2) is 55.4 Å². The molecule has 0 aliphatic carbocycles. The van der Waals surface area contributed by atoms with Crippen molar-refractivity contribution in [3.05, 3.63) is 0 Å². The van der Waals surface area contributed by atoms with E-state index in [-0.39, 0.29) is 19.6 Å². The Morgan fingerprint density at radius 2 is 1.94 bits per heavy atom. The number of methoxy groups -OCH3 is 1. The molecule has 0 amide bonds. The van der Waals surface area contributed by atoms with E-state index < -0.39 is 18.0 Å². The van der Waals surface area contributed by atoms with Gasteiger partial charge in [-0.05, 0) is 6.42 Å². The van der Waals surface area contributed by atoms with Gasteiger partial charge in [0.25, 0.3) is 0 Å². The summed E-state index contributed by atoms with van der Waals surface area (Å²) in [6.07, 6.45) is -1.49. The Labute approximate surface area is 92.9 Å². The first-order valence-corrected chi connectivity index (χ1v) is 4.70. The maximum atomic E-state index is 10.6. The van der Waals surface area contributed by atoms with Crippen molar-refractivity contribution in [1.82, 2.24) is 0 Å². The smallest absolute Gasteiger partial charge is 0.332 e. The molecule has 0 saturated carbocycles. The zero-order valence-corrected chi connectivity index (χ0v) is 9.05. The largest absolute Gasteiger partial charge is 0.481 e. The normalized spacial score (nSPS) is 12.3. The van der Waals surface area contributed by atoms with Crippen molar-refractivity contribution < 1.29 is 34.0 Å². The molecule has 94 valence electrons. The molecule has 0 rings (SSSR count). The molecule has 1 atom stereocenters. The second-order valence-electron chi connectivity index (χ2n) is 2.94. The molecule has 0 aromatic carbocycles. The van der Waals surface area contributed by atoms with Gasteiger partial charge in [-0.3, -0.25) is 4.79 Å². The van der Waals surface area contributed by atoms with Gasteiger partial charge in [0, 0.05) is 13.5 Å². The van der Waals surface area contributed by atoms with Crippen LogP contribution in [0.2, 0.25) is 0 Å². The van der Waals surface area contributed by atoms with Crippen LogP contribution in [0, 0.1) is 0 Å². The van der Waals surface area contributed by atoms with Gasteiger partial charge in [0.15, 0.2) is 6.10 Å². The molecule has 0 aromatic heterocycles. The van der Waals surface area contributed by atoms with Gasteiger partial charge in [0.1, 0.15) is 6.79 Å². The van der Waals surface area contributed by atoms with Crippen molar-refractivity contribution in [3.63, 3.8) is 0 Å². The van der Waals surface area contributed by atoms with E-state index >= 15 is 0 Å². The molecule has 0 aromatic rings. The van der Waals surface area contributed by atoms with Gasteiger partial charge < -0.3 is 24.4 Å². The minimum Gasteiger partial charge on any atom is -0.481 e. The Morgan fingerprint density at radius 1 is 1.25 bits per heavy atom. The van der Waals surface area contributed by atoms with E-state index in [1.165, 1.54) is 7.11 Å². The lowest BCUT2D eigenvalue weighted by molar-refractivity contribution is -0.163. The number of aliphatic carboxylic acids is 2. The van der Waals surface area contributed by atoms with Crippen molar-refractivity contribution in [3.8, 4) is 0 Å². The van der Waals surface area contributed by atoms with Crippen molar-refractivity contribution >= 4 is 11.9 Å². The first-order chi connectivity index (χ1) is 7.57. The van der Waals surface area contributed by atoms with E-state index in [0.717, 1.165) is 0 Å².